The van der Waals surface area contributed by atoms with Crippen molar-refractivity contribution in [2.45, 2.75) is 24.7 Å². The molecule has 3 N–H and O–H groups in total. The van der Waals surface area contributed by atoms with Gasteiger partial charge >= 0.3 is 0 Å². The summed E-state index contributed by atoms with van der Waals surface area (Å²) < 4.78 is 27.2. The second-order valence-corrected chi connectivity index (χ2v) is 7.44. The molecule has 0 bridgehead atoms. The lowest BCUT2D eigenvalue weighted by atomic mass is 10.2. The molecule has 0 amide bonds. The van der Waals surface area contributed by atoms with Gasteiger partial charge in [0, 0.05) is 16.7 Å². The van der Waals surface area contributed by atoms with E-state index >= 15 is 0 Å². The van der Waals surface area contributed by atoms with Gasteiger partial charge in [-0.3, -0.25) is 0 Å². The van der Waals surface area contributed by atoms with Gasteiger partial charge in [-0.1, -0.05) is 6.92 Å². The fourth-order valence-electron chi connectivity index (χ4n) is 1.42. The Morgan fingerprint density at radius 3 is 2.65 bits per heavy atom. The largest absolute Gasteiger partial charge is 0.398 e. The Morgan fingerprint density at radius 2 is 2.12 bits per heavy atom. The Morgan fingerprint density at radius 1 is 1.47 bits per heavy atom. The first-order valence-electron chi connectivity index (χ1n) is 5.37. The number of nitrogens with one attached hydrogen (secondary N) is 1. The molecule has 1 fully saturated rings. The number of anilines is 1. The van der Waals surface area contributed by atoms with Crippen LogP contribution in [0, 0.1) is 5.41 Å². The van der Waals surface area contributed by atoms with Gasteiger partial charge in [-0.25, -0.2) is 13.1 Å². The molecule has 0 radical (unpaired) electrons. The molecule has 0 aliphatic heterocycles. The van der Waals surface area contributed by atoms with E-state index in [4.69, 9.17) is 5.73 Å². The maximum atomic E-state index is 12.0. The number of nitrogen functional groups attached to an aromatic ring is 1. The fourth-order valence-corrected chi connectivity index (χ4v) is 3.17. The summed E-state index contributed by atoms with van der Waals surface area (Å²) in [6, 6.07) is 4.61. The highest BCUT2D eigenvalue weighted by Crippen LogP contribution is 2.44. The fraction of sp³-hybridized carbons (Fsp3) is 0.455. The molecule has 1 saturated carbocycles. The lowest BCUT2D eigenvalue weighted by molar-refractivity contribution is 0.530. The highest BCUT2D eigenvalue weighted by Gasteiger charge is 2.38. The Hall–Kier alpha value is -0.590. The van der Waals surface area contributed by atoms with E-state index in [-0.39, 0.29) is 10.3 Å². The molecule has 1 aliphatic rings. The number of halogens is 1. The minimum Gasteiger partial charge on any atom is -0.398 e. The Bertz CT molecular complexity index is 538. The zero-order valence-corrected chi connectivity index (χ0v) is 11.9. The zero-order chi connectivity index (χ0) is 12.7. The van der Waals surface area contributed by atoms with Crippen LogP contribution in [0.1, 0.15) is 19.8 Å². The van der Waals surface area contributed by atoms with Crippen molar-refractivity contribution in [1.82, 2.24) is 4.72 Å². The summed E-state index contributed by atoms with van der Waals surface area (Å²) in [7, 11) is -3.43. The summed E-state index contributed by atoms with van der Waals surface area (Å²) in [6.45, 7) is 2.58. The van der Waals surface area contributed by atoms with Crippen molar-refractivity contribution in [3.63, 3.8) is 0 Å². The van der Waals surface area contributed by atoms with E-state index in [0.29, 0.717) is 16.7 Å². The van der Waals surface area contributed by atoms with Crippen molar-refractivity contribution in [2.75, 3.05) is 12.3 Å². The van der Waals surface area contributed by atoms with Crippen LogP contribution >= 0.6 is 15.9 Å². The SMILES string of the molecule is CC1(CNS(=O)(=O)c2ccc(N)c(Br)c2)CC1. The molecular weight excluding hydrogens is 304 g/mol. The van der Waals surface area contributed by atoms with Gasteiger partial charge in [0.05, 0.1) is 4.90 Å². The second kappa shape index (κ2) is 4.26. The minimum atomic E-state index is -3.43. The van der Waals surface area contributed by atoms with Crippen LogP contribution in [0.4, 0.5) is 5.69 Å². The van der Waals surface area contributed by atoms with E-state index in [1.165, 1.54) is 12.1 Å². The van der Waals surface area contributed by atoms with Gasteiger partial charge in [-0.15, -0.1) is 0 Å². The highest BCUT2D eigenvalue weighted by atomic mass is 79.9. The maximum absolute atomic E-state index is 12.0. The molecule has 1 aromatic carbocycles. The molecule has 0 atom stereocenters. The lowest BCUT2D eigenvalue weighted by Gasteiger charge is -2.11. The monoisotopic (exact) mass is 318 g/mol. The summed E-state index contributed by atoms with van der Waals surface area (Å²) in [6.07, 6.45) is 2.17. The Balaban J connectivity index is 2.16. The van der Waals surface area contributed by atoms with E-state index < -0.39 is 10.0 Å². The molecule has 0 saturated heterocycles. The van der Waals surface area contributed by atoms with Gasteiger partial charge < -0.3 is 5.73 Å². The molecule has 17 heavy (non-hydrogen) atoms. The molecule has 0 heterocycles. The van der Waals surface area contributed by atoms with Gasteiger partial charge in [-0.05, 0) is 52.4 Å². The topological polar surface area (TPSA) is 72.2 Å². The zero-order valence-electron chi connectivity index (χ0n) is 9.53. The first-order chi connectivity index (χ1) is 7.82. The Kier molecular flexibility index (Phi) is 3.22. The van der Waals surface area contributed by atoms with Crippen LogP contribution in [0.3, 0.4) is 0 Å². The van der Waals surface area contributed by atoms with E-state index in [1.807, 2.05) is 0 Å². The second-order valence-electron chi connectivity index (χ2n) is 4.82. The summed E-state index contributed by atoms with van der Waals surface area (Å²) in [5.74, 6) is 0. The molecule has 0 spiro atoms. The average Bonchev–Trinajstić information content (AvgIpc) is 2.99. The van der Waals surface area contributed by atoms with Gasteiger partial charge in [0.1, 0.15) is 0 Å². The smallest absolute Gasteiger partial charge is 0.240 e. The minimum absolute atomic E-state index is 0.151. The number of sulfonamides is 1. The number of hydrogen-bond acceptors (Lipinski definition) is 3. The molecule has 0 unspecified atom stereocenters. The van der Waals surface area contributed by atoms with Gasteiger partial charge in [0.25, 0.3) is 0 Å². The van der Waals surface area contributed by atoms with Crippen molar-refractivity contribution in [3.8, 4) is 0 Å². The number of hydrogen-bond donors (Lipinski definition) is 2. The van der Waals surface area contributed by atoms with E-state index in [1.54, 1.807) is 6.07 Å². The third-order valence-corrected chi connectivity index (χ3v) is 5.16. The molecule has 6 heteroatoms. The molecule has 1 aromatic rings. The lowest BCUT2D eigenvalue weighted by Crippen LogP contribution is -2.29. The maximum Gasteiger partial charge on any atom is 0.240 e. The third-order valence-electron chi connectivity index (χ3n) is 3.07. The number of rotatable bonds is 4. The van der Waals surface area contributed by atoms with Crippen LogP contribution in [0.15, 0.2) is 27.6 Å². The average molecular weight is 319 g/mol. The third kappa shape index (κ3) is 3.00. The standard InChI is InChI=1S/C11H15BrN2O2S/c1-11(4-5-11)7-14-17(15,16)8-2-3-10(13)9(12)6-8/h2-3,6,14H,4-5,7,13H2,1H3. The summed E-state index contributed by atoms with van der Waals surface area (Å²) in [5, 5.41) is 0. The molecule has 1 aliphatic carbocycles. The van der Waals surface area contributed by atoms with Crippen LogP contribution < -0.4 is 10.5 Å². The number of benzene rings is 1. The predicted molar refractivity (Wildman–Crippen MR) is 71.1 cm³/mol. The summed E-state index contributed by atoms with van der Waals surface area (Å²) in [5.41, 5.74) is 6.30. The quantitative estimate of drug-likeness (QED) is 0.835. The highest BCUT2D eigenvalue weighted by molar-refractivity contribution is 9.10. The van der Waals surface area contributed by atoms with Crippen LogP contribution in [-0.4, -0.2) is 15.0 Å². The normalized spacial score (nSPS) is 18.0. The van der Waals surface area contributed by atoms with Gasteiger partial charge in [-0.2, -0.15) is 0 Å². The molecular formula is C11H15BrN2O2S. The first-order valence-corrected chi connectivity index (χ1v) is 7.65. The van der Waals surface area contributed by atoms with Crippen LogP contribution in [0.2, 0.25) is 0 Å². The summed E-state index contributed by atoms with van der Waals surface area (Å²) in [4.78, 5) is 0.239. The van der Waals surface area contributed by atoms with Gasteiger partial charge in [0.15, 0.2) is 0 Å². The predicted octanol–water partition coefficient (Wildman–Crippen LogP) is 2.11. The van der Waals surface area contributed by atoms with E-state index in [2.05, 4.69) is 27.6 Å². The van der Waals surface area contributed by atoms with Crippen molar-refractivity contribution in [1.29, 1.82) is 0 Å². The van der Waals surface area contributed by atoms with Crippen molar-refractivity contribution >= 4 is 31.6 Å². The summed E-state index contributed by atoms with van der Waals surface area (Å²) >= 11 is 3.22. The first kappa shape index (κ1) is 12.9. The molecule has 4 nitrogen and oxygen atoms in total. The van der Waals surface area contributed by atoms with E-state index in [9.17, 15) is 8.42 Å². The van der Waals surface area contributed by atoms with Crippen molar-refractivity contribution < 1.29 is 8.42 Å². The molecule has 2 rings (SSSR count). The van der Waals surface area contributed by atoms with Crippen molar-refractivity contribution in [3.05, 3.63) is 22.7 Å². The number of nitrogens with two attached hydrogens (primary N) is 1. The van der Waals surface area contributed by atoms with E-state index in [0.717, 1.165) is 12.8 Å². The van der Waals surface area contributed by atoms with Crippen LogP contribution in [0.25, 0.3) is 0 Å². The molecule has 0 aromatic heterocycles. The molecule has 94 valence electrons. The van der Waals surface area contributed by atoms with Crippen LogP contribution in [0.5, 0.6) is 0 Å². The van der Waals surface area contributed by atoms with Crippen LogP contribution in [-0.2, 0) is 10.0 Å². The van der Waals surface area contributed by atoms with Gasteiger partial charge in [0.2, 0.25) is 10.0 Å². The van der Waals surface area contributed by atoms with Crippen molar-refractivity contribution in [2.24, 2.45) is 5.41 Å². The Labute approximate surface area is 110 Å².